The summed E-state index contributed by atoms with van der Waals surface area (Å²) >= 11 is 0. The smallest absolute Gasteiger partial charge is 0.330 e. The monoisotopic (exact) mass is 384 g/mol. The quantitative estimate of drug-likeness (QED) is 0.414. The highest BCUT2D eigenvalue weighted by Crippen LogP contribution is 2.31. The summed E-state index contributed by atoms with van der Waals surface area (Å²) in [5.74, 6) is -0.503. The lowest BCUT2D eigenvalue weighted by atomic mass is 10.1. The van der Waals surface area contributed by atoms with Crippen molar-refractivity contribution in [1.29, 1.82) is 0 Å². The standard InChI is InChI=1S/C18H28N2O7/c1-3-4-5-6-7-8-13(22)27-15-14(23)12(10-21)26-17(15)20-9-11(2)16(24)19-18(20)25/h9,12,14-15,17,21,23H,3-8,10H2,1-2H3,(H,19,24,25)/t12-,14-,15+,17-/m1/s1. The molecular weight excluding hydrogens is 356 g/mol. The van der Waals surface area contributed by atoms with E-state index in [1.54, 1.807) is 0 Å². The number of H-pyrrole nitrogens is 1. The molecule has 0 unspecified atom stereocenters. The lowest BCUT2D eigenvalue weighted by Crippen LogP contribution is -2.41. The number of carbonyl (C=O) groups is 1. The van der Waals surface area contributed by atoms with Crippen LogP contribution in [0.2, 0.25) is 0 Å². The number of rotatable bonds is 9. The van der Waals surface area contributed by atoms with E-state index in [4.69, 9.17) is 9.47 Å². The zero-order chi connectivity index (χ0) is 20.0. The molecule has 0 saturated carbocycles. The minimum atomic E-state index is -1.29. The average Bonchev–Trinajstić information content (AvgIpc) is 2.94. The second-order valence-electron chi connectivity index (χ2n) is 6.84. The van der Waals surface area contributed by atoms with Crippen LogP contribution in [0.5, 0.6) is 0 Å². The van der Waals surface area contributed by atoms with Gasteiger partial charge in [0, 0.05) is 18.2 Å². The van der Waals surface area contributed by atoms with E-state index in [-0.39, 0.29) is 12.0 Å². The third-order valence-corrected chi connectivity index (χ3v) is 4.66. The Morgan fingerprint density at radius 2 is 2.00 bits per heavy atom. The van der Waals surface area contributed by atoms with Crippen LogP contribution in [0.25, 0.3) is 0 Å². The van der Waals surface area contributed by atoms with Crippen LogP contribution in [0.15, 0.2) is 15.8 Å². The van der Waals surface area contributed by atoms with E-state index in [0.29, 0.717) is 6.42 Å². The summed E-state index contributed by atoms with van der Waals surface area (Å²) < 4.78 is 12.0. The van der Waals surface area contributed by atoms with Crippen LogP contribution in [-0.4, -0.2) is 50.7 Å². The Morgan fingerprint density at radius 3 is 2.67 bits per heavy atom. The molecule has 1 saturated heterocycles. The number of carbonyl (C=O) groups excluding carboxylic acids is 1. The fourth-order valence-corrected chi connectivity index (χ4v) is 3.08. The number of unbranched alkanes of at least 4 members (excludes halogenated alkanes) is 4. The van der Waals surface area contributed by atoms with E-state index in [9.17, 15) is 24.6 Å². The summed E-state index contributed by atoms with van der Waals surface area (Å²) in [4.78, 5) is 38.0. The fourth-order valence-electron chi connectivity index (χ4n) is 3.08. The first-order valence-corrected chi connectivity index (χ1v) is 9.35. The van der Waals surface area contributed by atoms with Crippen molar-refractivity contribution < 1.29 is 24.5 Å². The second-order valence-corrected chi connectivity index (χ2v) is 6.84. The van der Waals surface area contributed by atoms with Crippen molar-refractivity contribution in [3.8, 4) is 0 Å². The van der Waals surface area contributed by atoms with Crippen molar-refractivity contribution in [1.82, 2.24) is 9.55 Å². The molecule has 0 radical (unpaired) electrons. The molecule has 3 N–H and O–H groups in total. The van der Waals surface area contributed by atoms with Crippen LogP contribution in [0.1, 0.15) is 57.2 Å². The maximum atomic E-state index is 12.2. The molecule has 9 heteroatoms. The predicted molar refractivity (Wildman–Crippen MR) is 96.3 cm³/mol. The molecule has 0 spiro atoms. The molecule has 4 atom stereocenters. The van der Waals surface area contributed by atoms with E-state index >= 15 is 0 Å². The first-order valence-electron chi connectivity index (χ1n) is 9.35. The van der Waals surface area contributed by atoms with E-state index < -0.39 is 48.4 Å². The van der Waals surface area contributed by atoms with Gasteiger partial charge in [0.2, 0.25) is 0 Å². The number of nitrogens with one attached hydrogen (secondary N) is 1. The van der Waals surface area contributed by atoms with Gasteiger partial charge < -0.3 is 19.7 Å². The second kappa shape index (κ2) is 9.82. The highest BCUT2D eigenvalue weighted by molar-refractivity contribution is 5.69. The number of aryl methyl sites for hydroxylation is 1. The Labute approximate surface area is 156 Å². The third kappa shape index (κ3) is 5.27. The Hall–Kier alpha value is -1.97. The summed E-state index contributed by atoms with van der Waals surface area (Å²) in [7, 11) is 0. The number of aliphatic hydroxyl groups is 2. The molecule has 152 valence electrons. The molecule has 1 aliphatic heterocycles. The van der Waals surface area contributed by atoms with Crippen LogP contribution in [0, 0.1) is 6.92 Å². The van der Waals surface area contributed by atoms with Crippen LogP contribution in [0.4, 0.5) is 0 Å². The van der Waals surface area contributed by atoms with E-state index in [1.807, 2.05) is 0 Å². The summed E-state index contributed by atoms with van der Waals surface area (Å²) in [6.45, 7) is 3.12. The minimum Gasteiger partial charge on any atom is -0.455 e. The van der Waals surface area contributed by atoms with Crippen molar-refractivity contribution in [2.45, 2.75) is 76.9 Å². The third-order valence-electron chi connectivity index (χ3n) is 4.66. The van der Waals surface area contributed by atoms with Crippen molar-refractivity contribution in [3.63, 3.8) is 0 Å². The maximum absolute atomic E-state index is 12.2. The van der Waals surface area contributed by atoms with Crippen molar-refractivity contribution in [3.05, 3.63) is 32.6 Å². The van der Waals surface area contributed by atoms with Gasteiger partial charge in [0.05, 0.1) is 6.61 Å². The Bertz CT molecular complexity index is 742. The molecule has 0 bridgehead atoms. The molecular formula is C18H28N2O7. The number of aromatic amines is 1. The summed E-state index contributed by atoms with van der Waals surface area (Å²) in [6, 6.07) is 0. The van der Waals surface area contributed by atoms with Crippen LogP contribution >= 0.6 is 0 Å². The predicted octanol–water partition coefficient (Wildman–Crippen LogP) is 0.368. The molecule has 0 amide bonds. The molecule has 1 aliphatic rings. The Kier molecular flexibility index (Phi) is 7.76. The van der Waals surface area contributed by atoms with Gasteiger partial charge in [-0.05, 0) is 13.3 Å². The first kappa shape index (κ1) is 21.3. The largest absolute Gasteiger partial charge is 0.455 e. The van der Waals surface area contributed by atoms with Crippen molar-refractivity contribution in [2.24, 2.45) is 0 Å². The van der Waals surface area contributed by atoms with Crippen LogP contribution < -0.4 is 11.2 Å². The maximum Gasteiger partial charge on any atom is 0.330 e. The van der Waals surface area contributed by atoms with Gasteiger partial charge in [0.1, 0.15) is 12.2 Å². The van der Waals surface area contributed by atoms with E-state index in [2.05, 4.69) is 11.9 Å². The topological polar surface area (TPSA) is 131 Å². The lowest BCUT2D eigenvalue weighted by molar-refractivity contribution is -0.159. The summed E-state index contributed by atoms with van der Waals surface area (Å²) in [5.41, 5.74) is -1.02. The van der Waals surface area contributed by atoms with Crippen LogP contribution in [0.3, 0.4) is 0 Å². The zero-order valence-electron chi connectivity index (χ0n) is 15.7. The Morgan fingerprint density at radius 1 is 1.30 bits per heavy atom. The number of ether oxygens (including phenoxy) is 2. The first-order chi connectivity index (χ1) is 12.9. The van der Waals surface area contributed by atoms with Gasteiger partial charge in [-0.15, -0.1) is 0 Å². The summed E-state index contributed by atoms with van der Waals surface area (Å²) in [6.07, 6.45) is 1.74. The molecule has 2 rings (SSSR count). The molecule has 2 heterocycles. The number of aliphatic hydroxyl groups excluding tert-OH is 2. The molecule has 0 aliphatic carbocycles. The van der Waals surface area contributed by atoms with Gasteiger partial charge in [-0.2, -0.15) is 0 Å². The lowest BCUT2D eigenvalue weighted by Gasteiger charge is -2.22. The molecule has 1 fully saturated rings. The highest BCUT2D eigenvalue weighted by Gasteiger charge is 2.47. The average molecular weight is 384 g/mol. The van der Waals surface area contributed by atoms with E-state index in [1.165, 1.54) is 13.1 Å². The van der Waals surface area contributed by atoms with Crippen molar-refractivity contribution >= 4 is 5.97 Å². The number of hydrogen-bond acceptors (Lipinski definition) is 7. The number of nitrogens with zero attached hydrogens (tertiary/aromatic N) is 1. The minimum absolute atomic E-state index is 0.197. The van der Waals surface area contributed by atoms with Gasteiger partial charge in [-0.3, -0.25) is 19.1 Å². The molecule has 1 aromatic rings. The number of aromatic nitrogens is 2. The zero-order valence-corrected chi connectivity index (χ0v) is 15.7. The fraction of sp³-hybridized carbons (Fsp3) is 0.722. The SMILES string of the molecule is CCCCCCCC(=O)O[C@H]1[C@H](O)[C@@H](CO)O[C@H]1n1cc(C)c(=O)[nH]c1=O. The molecule has 1 aromatic heterocycles. The van der Waals surface area contributed by atoms with Gasteiger partial charge in [0.25, 0.3) is 5.56 Å². The van der Waals surface area contributed by atoms with Gasteiger partial charge >= 0.3 is 11.7 Å². The summed E-state index contributed by atoms with van der Waals surface area (Å²) in [5, 5.41) is 19.7. The Balaban J connectivity index is 2.11. The van der Waals surface area contributed by atoms with Crippen molar-refractivity contribution in [2.75, 3.05) is 6.61 Å². The molecule has 0 aromatic carbocycles. The number of hydrogen-bond donors (Lipinski definition) is 3. The normalized spacial score (nSPS) is 24.9. The van der Waals surface area contributed by atoms with E-state index in [0.717, 1.165) is 30.3 Å². The van der Waals surface area contributed by atoms with Crippen LogP contribution in [-0.2, 0) is 14.3 Å². The molecule has 9 nitrogen and oxygen atoms in total. The molecule has 27 heavy (non-hydrogen) atoms. The van der Waals surface area contributed by atoms with Gasteiger partial charge in [-0.1, -0.05) is 32.6 Å². The highest BCUT2D eigenvalue weighted by atomic mass is 16.6. The van der Waals surface area contributed by atoms with Gasteiger partial charge in [0.15, 0.2) is 12.3 Å². The number of esters is 1. The van der Waals surface area contributed by atoms with Gasteiger partial charge in [-0.25, -0.2) is 4.79 Å².